The zero-order chi connectivity index (χ0) is 22.0. The predicted octanol–water partition coefficient (Wildman–Crippen LogP) is 3.37. The molecule has 2 aromatic carbocycles. The highest BCUT2D eigenvalue weighted by Crippen LogP contribution is 2.39. The van der Waals surface area contributed by atoms with Crippen LogP contribution in [0.15, 0.2) is 53.7 Å². The van der Waals surface area contributed by atoms with E-state index in [0.717, 1.165) is 10.3 Å². The van der Waals surface area contributed by atoms with Gasteiger partial charge >= 0.3 is 0 Å². The molecule has 4 rings (SSSR count). The first kappa shape index (κ1) is 20.9. The largest absolute Gasteiger partial charge is 0.496 e. The van der Waals surface area contributed by atoms with E-state index < -0.39 is 10.0 Å². The van der Waals surface area contributed by atoms with E-state index in [0.29, 0.717) is 17.7 Å². The van der Waals surface area contributed by atoms with Crippen LogP contribution in [0.5, 0.6) is 17.2 Å². The van der Waals surface area contributed by atoms with Crippen molar-refractivity contribution < 1.29 is 22.6 Å². The minimum Gasteiger partial charge on any atom is -0.496 e. The van der Waals surface area contributed by atoms with Gasteiger partial charge in [0, 0.05) is 12.4 Å². The van der Waals surface area contributed by atoms with Crippen LogP contribution in [0, 0.1) is 0 Å². The maximum absolute atomic E-state index is 13.2. The van der Waals surface area contributed by atoms with E-state index in [9.17, 15) is 8.42 Å². The van der Waals surface area contributed by atoms with Crippen molar-refractivity contribution in [3.8, 4) is 17.2 Å². The zero-order valence-corrected chi connectivity index (χ0v) is 18.7. The van der Waals surface area contributed by atoms with E-state index in [4.69, 9.17) is 14.2 Å². The van der Waals surface area contributed by atoms with E-state index in [1.165, 1.54) is 32.9 Å². The van der Waals surface area contributed by atoms with Crippen LogP contribution in [0.2, 0.25) is 0 Å². The standard InChI is InChI=1S/C20H20N4O5S2/c1-27-14-6-4-7-15(28-2)19(14)31(25,26)23-20-18-16(29-3)10-13(11-17(18)30-22-20)12-24-9-5-8-21-24/h4-11H,12H2,1-3H3,(H,22,23). The van der Waals surface area contributed by atoms with Crippen molar-refractivity contribution in [3.05, 3.63) is 54.4 Å². The molecule has 2 aromatic heterocycles. The molecule has 0 spiro atoms. The molecule has 0 atom stereocenters. The second kappa shape index (κ2) is 8.44. The first-order valence-corrected chi connectivity index (χ1v) is 11.4. The molecule has 0 amide bonds. The lowest BCUT2D eigenvalue weighted by atomic mass is 10.1. The van der Waals surface area contributed by atoms with Crippen LogP contribution in [0.4, 0.5) is 5.82 Å². The molecule has 2 heterocycles. The summed E-state index contributed by atoms with van der Waals surface area (Å²) < 4.78 is 51.9. The van der Waals surface area contributed by atoms with Crippen LogP contribution in [-0.4, -0.2) is 43.9 Å². The third-order valence-corrected chi connectivity index (χ3v) is 6.80. The first-order valence-electron chi connectivity index (χ1n) is 9.14. The van der Waals surface area contributed by atoms with E-state index in [1.807, 2.05) is 24.4 Å². The molecule has 9 nitrogen and oxygen atoms in total. The molecule has 4 aromatic rings. The molecular formula is C20H20N4O5S2. The molecule has 0 unspecified atom stereocenters. The molecule has 0 bridgehead atoms. The Bertz CT molecular complexity index is 1290. The Morgan fingerprint density at radius 3 is 2.35 bits per heavy atom. The van der Waals surface area contributed by atoms with Gasteiger partial charge in [0.2, 0.25) is 0 Å². The maximum atomic E-state index is 13.2. The highest BCUT2D eigenvalue weighted by molar-refractivity contribution is 7.93. The highest BCUT2D eigenvalue weighted by atomic mass is 32.2. The smallest absolute Gasteiger partial charge is 0.270 e. The summed E-state index contributed by atoms with van der Waals surface area (Å²) in [6.45, 7) is 0.552. The van der Waals surface area contributed by atoms with Gasteiger partial charge in [-0.2, -0.15) is 9.47 Å². The number of sulfonamides is 1. The van der Waals surface area contributed by atoms with Crippen molar-refractivity contribution in [1.29, 1.82) is 0 Å². The summed E-state index contributed by atoms with van der Waals surface area (Å²) in [5.74, 6) is 1.02. The molecular weight excluding hydrogens is 440 g/mol. The van der Waals surface area contributed by atoms with Crippen LogP contribution in [0.3, 0.4) is 0 Å². The highest BCUT2D eigenvalue weighted by Gasteiger charge is 2.27. The molecule has 0 saturated carbocycles. The van der Waals surface area contributed by atoms with Gasteiger partial charge in [0.1, 0.15) is 17.2 Å². The Balaban J connectivity index is 1.76. The summed E-state index contributed by atoms with van der Waals surface area (Å²) in [6, 6.07) is 10.4. The van der Waals surface area contributed by atoms with Gasteiger partial charge in [0.15, 0.2) is 10.7 Å². The number of nitrogens with one attached hydrogen (secondary N) is 1. The third kappa shape index (κ3) is 4.01. The van der Waals surface area contributed by atoms with Gasteiger partial charge in [0.05, 0.1) is 38.0 Å². The number of fused-ring (bicyclic) bond motifs is 1. The van der Waals surface area contributed by atoms with E-state index >= 15 is 0 Å². The molecule has 0 aliphatic rings. The molecule has 1 N–H and O–H groups in total. The van der Waals surface area contributed by atoms with Gasteiger partial charge in [-0.1, -0.05) is 6.07 Å². The van der Waals surface area contributed by atoms with Crippen molar-refractivity contribution in [1.82, 2.24) is 14.2 Å². The van der Waals surface area contributed by atoms with Crippen LogP contribution >= 0.6 is 11.5 Å². The number of benzene rings is 2. The van der Waals surface area contributed by atoms with Crippen molar-refractivity contribution >= 4 is 37.5 Å². The molecule has 0 aliphatic carbocycles. The summed E-state index contributed by atoms with van der Waals surface area (Å²) in [6.07, 6.45) is 3.57. The van der Waals surface area contributed by atoms with Crippen molar-refractivity contribution in [2.75, 3.05) is 26.1 Å². The average Bonchev–Trinajstić information content (AvgIpc) is 3.42. The SMILES string of the molecule is COc1cccc(OC)c1S(=O)(=O)Nc1nsc2cc(Cn3cccn3)cc(OC)c12. The van der Waals surface area contributed by atoms with Crippen molar-refractivity contribution in [2.45, 2.75) is 11.4 Å². The first-order chi connectivity index (χ1) is 15.0. The molecule has 162 valence electrons. The van der Waals surface area contributed by atoms with E-state index in [2.05, 4.69) is 14.2 Å². The zero-order valence-electron chi connectivity index (χ0n) is 17.0. The number of rotatable bonds is 8. The Kier molecular flexibility index (Phi) is 5.70. The normalized spacial score (nSPS) is 11.5. The Morgan fingerprint density at radius 1 is 1.03 bits per heavy atom. The van der Waals surface area contributed by atoms with Gasteiger partial charge < -0.3 is 14.2 Å². The lowest BCUT2D eigenvalue weighted by molar-refractivity contribution is 0.373. The van der Waals surface area contributed by atoms with Crippen molar-refractivity contribution in [3.63, 3.8) is 0 Å². The maximum Gasteiger partial charge on any atom is 0.270 e. The topological polar surface area (TPSA) is 105 Å². The van der Waals surface area contributed by atoms with Gasteiger partial charge in [-0.25, -0.2) is 8.42 Å². The van der Waals surface area contributed by atoms with E-state index in [-0.39, 0.29) is 22.2 Å². The number of anilines is 1. The van der Waals surface area contributed by atoms with Crippen LogP contribution in [-0.2, 0) is 16.6 Å². The number of aromatic nitrogens is 3. The number of hydrogen-bond donors (Lipinski definition) is 1. The fraction of sp³-hybridized carbons (Fsp3) is 0.200. The second-order valence-electron chi connectivity index (χ2n) is 6.50. The summed E-state index contributed by atoms with van der Waals surface area (Å²) in [5, 5.41) is 4.79. The number of ether oxygens (including phenoxy) is 3. The molecule has 11 heteroatoms. The van der Waals surface area contributed by atoms with Crippen LogP contribution < -0.4 is 18.9 Å². The minimum absolute atomic E-state index is 0.101. The lowest BCUT2D eigenvalue weighted by Gasteiger charge is -2.14. The molecule has 0 aliphatic heterocycles. The summed E-state index contributed by atoms with van der Waals surface area (Å²) in [7, 11) is 0.270. The van der Waals surface area contributed by atoms with Crippen LogP contribution in [0.1, 0.15) is 5.56 Å². The number of methoxy groups -OCH3 is 3. The summed E-state index contributed by atoms with van der Waals surface area (Å²) >= 11 is 1.18. The molecule has 0 saturated heterocycles. The van der Waals surface area contributed by atoms with Gasteiger partial charge in [-0.15, -0.1) is 0 Å². The molecule has 31 heavy (non-hydrogen) atoms. The van der Waals surface area contributed by atoms with Crippen LogP contribution in [0.25, 0.3) is 10.1 Å². The second-order valence-corrected chi connectivity index (χ2v) is 8.93. The summed E-state index contributed by atoms with van der Waals surface area (Å²) in [4.78, 5) is -0.101. The minimum atomic E-state index is -4.06. The Hall–Kier alpha value is -3.31. The predicted molar refractivity (Wildman–Crippen MR) is 118 cm³/mol. The van der Waals surface area contributed by atoms with E-state index in [1.54, 1.807) is 29.1 Å². The molecule has 0 fully saturated rings. The van der Waals surface area contributed by atoms with Crippen molar-refractivity contribution in [2.24, 2.45) is 0 Å². The summed E-state index contributed by atoms with van der Waals surface area (Å²) in [5.41, 5.74) is 0.956. The molecule has 0 radical (unpaired) electrons. The fourth-order valence-electron chi connectivity index (χ4n) is 3.25. The number of nitrogens with zero attached hydrogens (tertiary/aromatic N) is 3. The van der Waals surface area contributed by atoms with Gasteiger partial charge in [-0.05, 0) is 47.4 Å². The lowest BCUT2D eigenvalue weighted by Crippen LogP contribution is -2.15. The van der Waals surface area contributed by atoms with Gasteiger partial charge in [-0.3, -0.25) is 9.40 Å². The quantitative estimate of drug-likeness (QED) is 0.430. The Labute approximate surface area is 183 Å². The number of hydrogen-bond acceptors (Lipinski definition) is 8. The third-order valence-electron chi connectivity index (χ3n) is 4.60. The monoisotopic (exact) mass is 460 g/mol. The Morgan fingerprint density at radius 2 is 1.74 bits per heavy atom. The average molecular weight is 461 g/mol. The van der Waals surface area contributed by atoms with Gasteiger partial charge in [0.25, 0.3) is 10.0 Å². The fourth-order valence-corrected chi connectivity index (χ4v) is 5.47.